The van der Waals surface area contributed by atoms with Crippen molar-refractivity contribution >= 4 is 5.97 Å². The van der Waals surface area contributed by atoms with Crippen LogP contribution < -0.4 is 5.32 Å². The van der Waals surface area contributed by atoms with Crippen LogP contribution in [0.25, 0.3) is 0 Å². The molecule has 0 amide bonds. The zero-order chi connectivity index (χ0) is 11.3. The number of carbonyl (C=O) groups excluding carboxylic acids is 1. The summed E-state index contributed by atoms with van der Waals surface area (Å²) >= 11 is 0. The highest BCUT2D eigenvalue weighted by Crippen LogP contribution is 2.25. The fourth-order valence-electron chi connectivity index (χ4n) is 1.58. The van der Waals surface area contributed by atoms with E-state index in [9.17, 15) is 4.79 Å². The molecule has 0 spiro atoms. The molecule has 1 atom stereocenters. The Morgan fingerprint density at radius 2 is 2.20 bits per heavy atom. The standard InChI is InChI=1S/C11H21NO3/c1-9(2)14-6-7-15-10(13)11(3)4-5-12-8-11/h9,12H,4-8H2,1-3H3. The van der Waals surface area contributed by atoms with Gasteiger partial charge in [0.15, 0.2) is 0 Å². The Morgan fingerprint density at radius 1 is 1.47 bits per heavy atom. The molecule has 0 aliphatic carbocycles. The van der Waals surface area contributed by atoms with Gasteiger partial charge in [0.25, 0.3) is 0 Å². The summed E-state index contributed by atoms with van der Waals surface area (Å²) in [6.45, 7) is 8.32. The number of hydrogen-bond acceptors (Lipinski definition) is 4. The summed E-state index contributed by atoms with van der Waals surface area (Å²) < 4.78 is 10.5. The normalized spacial score (nSPS) is 25.9. The summed E-state index contributed by atoms with van der Waals surface area (Å²) in [6.07, 6.45) is 1.05. The van der Waals surface area contributed by atoms with E-state index in [0.717, 1.165) is 19.5 Å². The average molecular weight is 215 g/mol. The van der Waals surface area contributed by atoms with E-state index in [1.807, 2.05) is 20.8 Å². The van der Waals surface area contributed by atoms with Gasteiger partial charge in [-0.1, -0.05) is 0 Å². The Morgan fingerprint density at radius 3 is 2.73 bits per heavy atom. The minimum absolute atomic E-state index is 0.111. The van der Waals surface area contributed by atoms with Crippen molar-refractivity contribution in [3.05, 3.63) is 0 Å². The lowest BCUT2D eigenvalue weighted by molar-refractivity contribution is -0.155. The summed E-state index contributed by atoms with van der Waals surface area (Å²) in [5.74, 6) is -0.111. The third kappa shape index (κ3) is 3.80. The molecular weight excluding hydrogens is 194 g/mol. The summed E-state index contributed by atoms with van der Waals surface area (Å²) in [5, 5.41) is 3.17. The third-order valence-electron chi connectivity index (χ3n) is 2.63. The predicted molar refractivity (Wildman–Crippen MR) is 57.6 cm³/mol. The monoisotopic (exact) mass is 215 g/mol. The fourth-order valence-corrected chi connectivity index (χ4v) is 1.58. The van der Waals surface area contributed by atoms with Crippen molar-refractivity contribution in [3.63, 3.8) is 0 Å². The smallest absolute Gasteiger partial charge is 0.313 e. The molecule has 1 heterocycles. The van der Waals surface area contributed by atoms with E-state index in [0.29, 0.717) is 13.2 Å². The van der Waals surface area contributed by atoms with Crippen molar-refractivity contribution in [3.8, 4) is 0 Å². The van der Waals surface area contributed by atoms with E-state index in [4.69, 9.17) is 9.47 Å². The first-order valence-electron chi connectivity index (χ1n) is 5.54. The highest BCUT2D eigenvalue weighted by atomic mass is 16.6. The van der Waals surface area contributed by atoms with Gasteiger partial charge in [-0.3, -0.25) is 4.79 Å². The van der Waals surface area contributed by atoms with Gasteiger partial charge in [0.2, 0.25) is 0 Å². The van der Waals surface area contributed by atoms with Crippen LogP contribution in [0.2, 0.25) is 0 Å². The first-order valence-corrected chi connectivity index (χ1v) is 5.54. The van der Waals surface area contributed by atoms with E-state index < -0.39 is 0 Å². The second-order valence-corrected chi connectivity index (χ2v) is 4.54. The molecule has 0 saturated carbocycles. The maximum Gasteiger partial charge on any atom is 0.313 e. The average Bonchev–Trinajstić information content (AvgIpc) is 2.60. The van der Waals surface area contributed by atoms with E-state index in [2.05, 4.69) is 5.32 Å². The molecule has 1 aliphatic rings. The number of rotatable bonds is 5. The number of ether oxygens (including phenoxy) is 2. The lowest BCUT2D eigenvalue weighted by Crippen LogP contribution is -2.32. The molecular formula is C11H21NO3. The zero-order valence-corrected chi connectivity index (χ0v) is 9.84. The Labute approximate surface area is 91.3 Å². The van der Waals surface area contributed by atoms with Crippen molar-refractivity contribution in [2.75, 3.05) is 26.3 Å². The molecule has 1 rings (SSSR count). The molecule has 4 heteroatoms. The Hall–Kier alpha value is -0.610. The lowest BCUT2D eigenvalue weighted by atomic mass is 9.90. The van der Waals surface area contributed by atoms with Crippen LogP contribution in [-0.2, 0) is 14.3 Å². The van der Waals surface area contributed by atoms with Crippen molar-refractivity contribution in [2.45, 2.75) is 33.3 Å². The van der Waals surface area contributed by atoms with Crippen molar-refractivity contribution in [2.24, 2.45) is 5.41 Å². The maximum absolute atomic E-state index is 11.7. The summed E-state index contributed by atoms with van der Waals surface area (Å²) in [7, 11) is 0. The van der Waals surface area contributed by atoms with Crippen LogP contribution in [0.4, 0.5) is 0 Å². The zero-order valence-electron chi connectivity index (χ0n) is 9.84. The number of nitrogens with one attached hydrogen (secondary N) is 1. The van der Waals surface area contributed by atoms with Gasteiger partial charge in [0.1, 0.15) is 6.61 Å². The van der Waals surface area contributed by atoms with Crippen LogP contribution in [0, 0.1) is 5.41 Å². The second kappa shape index (κ2) is 5.47. The van der Waals surface area contributed by atoms with Gasteiger partial charge in [-0.25, -0.2) is 0 Å². The van der Waals surface area contributed by atoms with E-state index >= 15 is 0 Å². The van der Waals surface area contributed by atoms with Gasteiger partial charge in [-0.15, -0.1) is 0 Å². The molecule has 0 aromatic carbocycles. The minimum Gasteiger partial charge on any atom is -0.463 e. The molecule has 88 valence electrons. The number of carbonyl (C=O) groups is 1. The second-order valence-electron chi connectivity index (χ2n) is 4.54. The Balaban J connectivity index is 2.18. The molecule has 0 aromatic rings. The Bertz CT molecular complexity index is 210. The summed E-state index contributed by atoms with van der Waals surface area (Å²) in [5.41, 5.74) is -0.335. The SMILES string of the molecule is CC(C)OCCOC(=O)C1(C)CCNC1. The van der Waals surface area contributed by atoms with Crippen LogP contribution in [0.5, 0.6) is 0 Å². The van der Waals surface area contributed by atoms with Gasteiger partial charge in [-0.2, -0.15) is 0 Å². The minimum atomic E-state index is -0.335. The van der Waals surface area contributed by atoms with Gasteiger partial charge in [0.05, 0.1) is 18.1 Å². The molecule has 1 fully saturated rings. The Kier molecular flexibility index (Phi) is 4.54. The van der Waals surface area contributed by atoms with Gasteiger partial charge < -0.3 is 14.8 Å². The van der Waals surface area contributed by atoms with Crippen molar-refractivity contribution < 1.29 is 14.3 Å². The quantitative estimate of drug-likeness (QED) is 0.548. The molecule has 0 radical (unpaired) electrons. The van der Waals surface area contributed by atoms with Crippen LogP contribution >= 0.6 is 0 Å². The van der Waals surface area contributed by atoms with Crippen LogP contribution in [0.1, 0.15) is 27.2 Å². The summed E-state index contributed by atoms with van der Waals surface area (Å²) in [4.78, 5) is 11.7. The van der Waals surface area contributed by atoms with E-state index in [-0.39, 0.29) is 17.5 Å². The molecule has 1 unspecified atom stereocenters. The van der Waals surface area contributed by atoms with Crippen molar-refractivity contribution in [1.82, 2.24) is 5.32 Å². The van der Waals surface area contributed by atoms with Gasteiger partial charge in [0, 0.05) is 6.54 Å². The first kappa shape index (κ1) is 12.5. The van der Waals surface area contributed by atoms with Gasteiger partial charge in [-0.05, 0) is 33.7 Å². The highest BCUT2D eigenvalue weighted by molar-refractivity contribution is 5.77. The van der Waals surface area contributed by atoms with Gasteiger partial charge >= 0.3 is 5.97 Å². The fraction of sp³-hybridized carbons (Fsp3) is 0.909. The molecule has 1 saturated heterocycles. The molecule has 0 bridgehead atoms. The molecule has 15 heavy (non-hydrogen) atoms. The molecule has 0 aromatic heterocycles. The summed E-state index contributed by atoms with van der Waals surface area (Å²) in [6, 6.07) is 0. The van der Waals surface area contributed by atoms with Crippen molar-refractivity contribution in [1.29, 1.82) is 0 Å². The maximum atomic E-state index is 11.7. The van der Waals surface area contributed by atoms with E-state index in [1.165, 1.54) is 0 Å². The van der Waals surface area contributed by atoms with E-state index in [1.54, 1.807) is 0 Å². The molecule has 4 nitrogen and oxygen atoms in total. The first-order chi connectivity index (χ1) is 7.04. The number of esters is 1. The predicted octanol–water partition coefficient (Wildman–Crippen LogP) is 0.954. The lowest BCUT2D eigenvalue weighted by Gasteiger charge is -2.20. The molecule has 1 N–H and O–H groups in total. The van der Waals surface area contributed by atoms with Crippen LogP contribution in [0.15, 0.2) is 0 Å². The third-order valence-corrected chi connectivity index (χ3v) is 2.63. The topological polar surface area (TPSA) is 47.6 Å². The largest absolute Gasteiger partial charge is 0.463 e. The number of hydrogen-bond donors (Lipinski definition) is 1. The highest BCUT2D eigenvalue weighted by Gasteiger charge is 2.37. The van der Waals surface area contributed by atoms with Crippen LogP contribution in [0.3, 0.4) is 0 Å². The van der Waals surface area contributed by atoms with Crippen LogP contribution in [-0.4, -0.2) is 38.4 Å². The molecule has 1 aliphatic heterocycles.